The summed E-state index contributed by atoms with van der Waals surface area (Å²) in [5.74, 6) is 2.04. The van der Waals surface area contributed by atoms with Gasteiger partial charge in [-0.15, -0.1) is 0 Å². The van der Waals surface area contributed by atoms with Crippen LogP contribution in [0.2, 0.25) is 5.02 Å². The van der Waals surface area contributed by atoms with Gasteiger partial charge in [0, 0.05) is 54.4 Å². The molecule has 38 heavy (non-hydrogen) atoms. The summed E-state index contributed by atoms with van der Waals surface area (Å²) in [5.41, 5.74) is 0.473. The van der Waals surface area contributed by atoms with Crippen LogP contribution in [0.15, 0.2) is 28.4 Å². The van der Waals surface area contributed by atoms with Gasteiger partial charge in [0.25, 0.3) is 0 Å². The molecule has 5 heterocycles. The molecule has 0 unspecified atom stereocenters. The van der Waals surface area contributed by atoms with Gasteiger partial charge in [0.2, 0.25) is 0 Å². The molecule has 2 aromatic heterocycles. The lowest BCUT2D eigenvalue weighted by Crippen LogP contribution is -2.58. The van der Waals surface area contributed by atoms with Crippen LogP contribution in [-0.4, -0.2) is 79.4 Å². The first kappa shape index (κ1) is 27.9. The fourth-order valence-corrected chi connectivity index (χ4v) is 8.83. The number of aromatic nitrogens is 3. The molecule has 1 spiro atoms. The quantitative estimate of drug-likeness (QED) is 0.520. The van der Waals surface area contributed by atoms with E-state index in [1.165, 1.54) is 18.0 Å². The summed E-state index contributed by atoms with van der Waals surface area (Å²) in [6.07, 6.45) is 7.07. The van der Waals surface area contributed by atoms with Crippen LogP contribution in [-0.2, 0) is 21.2 Å². The van der Waals surface area contributed by atoms with Gasteiger partial charge in [-0.1, -0.05) is 37.2 Å². The maximum Gasteiger partial charge on any atom is 0.152 e. The van der Waals surface area contributed by atoms with E-state index in [4.69, 9.17) is 26.3 Å². The second-order valence-corrected chi connectivity index (χ2v) is 15.2. The normalized spacial score (nSPS) is 24.6. The van der Waals surface area contributed by atoms with Gasteiger partial charge in [-0.05, 0) is 31.7 Å². The lowest BCUT2D eigenvalue weighted by Gasteiger charge is -2.48. The molecule has 5 rings (SSSR count). The standard InChI is InChI=1S/C26H36ClN5O4S2/c1-17-18(2)36-15-26(17)6-9-31(10-7-26)23-19(12-33)30-21(11-29-23)37-20-5-8-28-24(22(20)27)32-13-25(3,14-32)16-38(4,34)35/h5,8,11,17-18,33H,6-7,9-10,12-16H2,1-4H3/t17-,18+/m1/s1. The minimum Gasteiger partial charge on any atom is -0.390 e. The number of aliphatic hydroxyl groups excluding tert-OH is 1. The third-order valence-corrected chi connectivity index (χ3v) is 11.1. The number of aliphatic hydroxyl groups is 1. The molecule has 1 N–H and O–H groups in total. The Morgan fingerprint density at radius 2 is 1.89 bits per heavy atom. The Kier molecular flexibility index (Phi) is 7.62. The molecule has 0 radical (unpaired) electrons. The van der Waals surface area contributed by atoms with Gasteiger partial charge in [0.15, 0.2) is 5.82 Å². The lowest BCUT2D eigenvalue weighted by atomic mass is 9.70. The molecule has 3 aliphatic heterocycles. The van der Waals surface area contributed by atoms with Crippen molar-refractivity contribution in [3.8, 4) is 0 Å². The number of rotatable bonds is 7. The molecule has 2 atom stereocenters. The van der Waals surface area contributed by atoms with E-state index in [1.54, 1.807) is 12.4 Å². The van der Waals surface area contributed by atoms with Crippen LogP contribution in [0.25, 0.3) is 0 Å². The average molecular weight is 582 g/mol. The summed E-state index contributed by atoms with van der Waals surface area (Å²) in [7, 11) is -3.07. The molecule has 0 amide bonds. The van der Waals surface area contributed by atoms with E-state index in [-0.39, 0.29) is 23.2 Å². The van der Waals surface area contributed by atoms with E-state index in [2.05, 4.69) is 23.7 Å². The largest absolute Gasteiger partial charge is 0.390 e. The zero-order chi connectivity index (χ0) is 27.3. The average Bonchev–Trinajstić information content (AvgIpc) is 3.12. The predicted octanol–water partition coefficient (Wildman–Crippen LogP) is 3.68. The van der Waals surface area contributed by atoms with Crippen molar-refractivity contribution in [3.63, 3.8) is 0 Å². The first-order valence-electron chi connectivity index (χ1n) is 13.0. The SMILES string of the molecule is C[C@@H]1OCC2(CCN(c3ncc(Sc4ccnc(N5CC(C)(CS(C)(=O)=O)C5)c4Cl)nc3CO)CC2)[C@@H]1C. The second kappa shape index (κ2) is 10.4. The number of hydrogen-bond donors (Lipinski definition) is 1. The summed E-state index contributed by atoms with van der Waals surface area (Å²) in [6, 6.07) is 1.83. The topological polar surface area (TPSA) is 109 Å². The Morgan fingerprint density at radius 3 is 2.50 bits per heavy atom. The smallest absolute Gasteiger partial charge is 0.152 e. The van der Waals surface area contributed by atoms with Crippen molar-refractivity contribution in [3.05, 3.63) is 29.2 Å². The minimum absolute atomic E-state index is 0.137. The van der Waals surface area contributed by atoms with Crippen molar-refractivity contribution in [1.29, 1.82) is 0 Å². The number of pyridine rings is 1. The van der Waals surface area contributed by atoms with Gasteiger partial charge in [0.05, 0.1) is 36.3 Å². The van der Waals surface area contributed by atoms with E-state index in [1.807, 2.05) is 17.9 Å². The Morgan fingerprint density at radius 1 is 1.18 bits per heavy atom. The number of piperidine rings is 1. The molecular formula is C26H36ClN5O4S2. The van der Waals surface area contributed by atoms with E-state index in [0.717, 1.165) is 43.3 Å². The van der Waals surface area contributed by atoms with Crippen LogP contribution >= 0.6 is 23.4 Å². The van der Waals surface area contributed by atoms with Gasteiger partial charge in [-0.25, -0.2) is 23.4 Å². The van der Waals surface area contributed by atoms with Crippen molar-refractivity contribution >= 4 is 44.8 Å². The van der Waals surface area contributed by atoms with Gasteiger partial charge in [-0.2, -0.15) is 0 Å². The van der Waals surface area contributed by atoms with Crippen LogP contribution in [0.1, 0.15) is 39.3 Å². The second-order valence-electron chi connectivity index (χ2n) is 11.6. The van der Waals surface area contributed by atoms with Gasteiger partial charge in [0.1, 0.15) is 26.4 Å². The van der Waals surface area contributed by atoms with Crippen LogP contribution in [0.4, 0.5) is 11.6 Å². The number of sulfone groups is 1. The van der Waals surface area contributed by atoms with Gasteiger partial charge >= 0.3 is 0 Å². The Balaban J connectivity index is 1.27. The highest BCUT2D eigenvalue weighted by Crippen LogP contribution is 2.47. The fraction of sp³-hybridized carbons (Fsp3) is 0.654. The van der Waals surface area contributed by atoms with E-state index in [0.29, 0.717) is 46.7 Å². The molecule has 208 valence electrons. The van der Waals surface area contributed by atoms with Crippen molar-refractivity contribution in [2.45, 2.75) is 56.2 Å². The van der Waals surface area contributed by atoms with Gasteiger partial charge < -0.3 is 19.6 Å². The molecule has 2 aromatic rings. The summed E-state index contributed by atoms with van der Waals surface area (Å²) in [5, 5.41) is 11.3. The number of ether oxygens (including phenoxy) is 1. The molecule has 3 saturated heterocycles. The van der Waals surface area contributed by atoms with Crippen LogP contribution in [0, 0.1) is 16.7 Å². The maximum atomic E-state index is 11.8. The fourth-order valence-electron chi connectivity index (χ4n) is 6.23. The third-order valence-electron chi connectivity index (χ3n) is 8.42. The lowest BCUT2D eigenvalue weighted by molar-refractivity contribution is 0.0969. The monoisotopic (exact) mass is 581 g/mol. The summed E-state index contributed by atoms with van der Waals surface area (Å²) in [6.45, 7) is 9.92. The van der Waals surface area contributed by atoms with Crippen LogP contribution in [0.5, 0.6) is 0 Å². The summed E-state index contributed by atoms with van der Waals surface area (Å²) in [4.78, 5) is 18.9. The molecular weight excluding hydrogens is 546 g/mol. The Labute approximate surface area is 234 Å². The van der Waals surface area contributed by atoms with Crippen molar-refractivity contribution < 1.29 is 18.3 Å². The Bertz CT molecular complexity index is 1300. The minimum atomic E-state index is -3.07. The number of halogens is 1. The van der Waals surface area contributed by atoms with Crippen molar-refractivity contribution in [1.82, 2.24) is 15.0 Å². The van der Waals surface area contributed by atoms with Crippen LogP contribution in [0.3, 0.4) is 0 Å². The molecule has 3 aliphatic rings. The molecule has 0 saturated carbocycles. The van der Waals surface area contributed by atoms with Gasteiger partial charge in [-0.3, -0.25) is 0 Å². The zero-order valence-corrected chi connectivity index (χ0v) is 24.7. The summed E-state index contributed by atoms with van der Waals surface area (Å²) >= 11 is 8.12. The highest BCUT2D eigenvalue weighted by molar-refractivity contribution is 7.99. The third kappa shape index (κ3) is 5.50. The summed E-state index contributed by atoms with van der Waals surface area (Å²) < 4.78 is 29.5. The number of anilines is 2. The highest BCUT2D eigenvalue weighted by atomic mass is 35.5. The van der Waals surface area contributed by atoms with E-state index < -0.39 is 9.84 Å². The van der Waals surface area contributed by atoms with E-state index in [9.17, 15) is 13.5 Å². The molecule has 12 heteroatoms. The van der Waals surface area contributed by atoms with Crippen molar-refractivity contribution in [2.75, 3.05) is 54.6 Å². The molecule has 9 nitrogen and oxygen atoms in total. The molecule has 0 aliphatic carbocycles. The highest BCUT2D eigenvalue weighted by Gasteiger charge is 2.47. The Hall–Kier alpha value is -1.66. The zero-order valence-electron chi connectivity index (χ0n) is 22.4. The molecule has 0 aromatic carbocycles. The molecule has 0 bridgehead atoms. The number of nitrogens with zero attached hydrogens (tertiary/aromatic N) is 5. The number of hydrogen-bond acceptors (Lipinski definition) is 10. The maximum absolute atomic E-state index is 11.8. The predicted molar refractivity (Wildman–Crippen MR) is 150 cm³/mol. The first-order valence-corrected chi connectivity index (χ1v) is 16.3. The first-order chi connectivity index (χ1) is 17.9. The molecule has 3 fully saturated rings. The van der Waals surface area contributed by atoms with Crippen molar-refractivity contribution in [2.24, 2.45) is 16.7 Å². The van der Waals surface area contributed by atoms with E-state index >= 15 is 0 Å². The van der Waals surface area contributed by atoms with Crippen LogP contribution < -0.4 is 9.80 Å².